The number of primary sulfonamides is 1. The van der Waals surface area contributed by atoms with E-state index in [0.717, 1.165) is 6.42 Å². The molecular formula is C11H17NO3S. The monoisotopic (exact) mass is 243 g/mol. The van der Waals surface area contributed by atoms with Crippen molar-refractivity contribution in [2.45, 2.75) is 38.2 Å². The van der Waals surface area contributed by atoms with Crippen molar-refractivity contribution >= 4 is 10.0 Å². The van der Waals surface area contributed by atoms with Crippen molar-refractivity contribution < 1.29 is 13.2 Å². The second-order valence-electron chi connectivity index (χ2n) is 3.81. The second-order valence-corrected chi connectivity index (χ2v) is 5.34. The third-order valence-corrected chi connectivity index (χ3v) is 3.44. The molecule has 5 heteroatoms. The minimum absolute atomic E-state index is 0.111. The molecule has 0 bridgehead atoms. The molecular weight excluding hydrogens is 226 g/mol. The van der Waals surface area contributed by atoms with E-state index in [0.29, 0.717) is 11.3 Å². The summed E-state index contributed by atoms with van der Waals surface area (Å²) in [5.74, 6) is 0.666. The lowest BCUT2D eigenvalue weighted by Gasteiger charge is -2.13. The average molecular weight is 243 g/mol. The van der Waals surface area contributed by atoms with Gasteiger partial charge in [-0.15, -0.1) is 0 Å². The van der Waals surface area contributed by atoms with Crippen LogP contribution in [0.4, 0.5) is 0 Å². The lowest BCUT2D eigenvalue weighted by Crippen LogP contribution is -2.14. The van der Waals surface area contributed by atoms with E-state index in [1.807, 2.05) is 13.8 Å². The molecule has 4 nitrogen and oxygen atoms in total. The van der Waals surface area contributed by atoms with Gasteiger partial charge in [-0.2, -0.15) is 0 Å². The Morgan fingerprint density at radius 1 is 1.44 bits per heavy atom. The Hall–Kier alpha value is -1.07. The Labute approximate surface area is 96.5 Å². The number of hydrogen-bond acceptors (Lipinski definition) is 3. The molecule has 1 rings (SSSR count). The summed E-state index contributed by atoms with van der Waals surface area (Å²) >= 11 is 0. The van der Waals surface area contributed by atoms with E-state index < -0.39 is 10.0 Å². The number of nitrogens with two attached hydrogens (primary N) is 1. The van der Waals surface area contributed by atoms with Crippen LogP contribution in [0, 0.1) is 6.92 Å². The summed E-state index contributed by atoms with van der Waals surface area (Å²) in [5.41, 5.74) is 0.600. The highest BCUT2D eigenvalue weighted by atomic mass is 32.2. The molecule has 1 unspecified atom stereocenters. The van der Waals surface area contributed by atoms with Gasteiger partial charge in [-0.25, -0.2) is 13.6 Å². The molecule has 1 aromatic carbocycles. The Morgan fingerprint density at radius 2 is 2.06 bits per heavy atom. The summed E-state index contributed by atoms with van der Waals surface area (Å²) in [6.45, 7) is 5.68. The quantitative estimate of drug-likeness (QED) is 0.877. The van der Waals surface area contributed by atoms with Gasteiger partial charge in [0.15, 0.2) is 0 Å². The molecule has 0 spiro atoms. The van der Waals surface area contributed by atoms with Gasteiger partial charge in [-0.05, 0) is 44.0 Å². The van der Waals surface area contributed by atoms with Gasteiger partial charge in [0.2, 0.25) is 10.0 Å². The summed E-state index contributed by atoms with van der Waals surface area (Å²) < 4.78 is 27.9. The maximum Gasteiger partial charge on any atom is 0.238 e. The Balaban J connectivity index is 3.01. The zero-order valence-corrected chi connectivity index (χ0v) is 10.5. The Bertz CT molecular complexity index is 468. The zero-order valence-electron chi connectivity index (χ0n) is 9.73. The van der Waals surface area contributed by atoms with E-state index in [9.17, 15) is 8.42 Å². The molecule has 0 aliphatic carbocycles. The summed E-state index contributed by atoms with van der Waals surface area (Å²) in [6.07, 6.45) is 1.01. The minimum atomic E-state index is -3.64. The molecule has 16 heavy (non-hydrogen) atoms. The van der Waals surface area contributed by atoms with Crippen LogP contribution in [0.1, 0.15) is 25.8 Å². The van der Waals surface area contributed by atoms with Crippen LogP contribution in [0.25, 0.3) is 0 Å². The highest BCUT2D eigenvalue weighted by Gasteiger charge is 2.12. The number of hydrogen-bond donors (Lipinski definition) is 1. The average Bonchev–Trinajstić information content (AvgIpc) is 2.15. The van der Waals surface area contributed by atoms with Crippen molar-refractivity contribution in [1.29, 1.82) is 0 Å². The van der Waals surface area contributed by atoms with E-state index in [2.05, 4.69) is 0 Å². The third kappa shape index (κ3) is 3.21. The summed E-state index contributed by atoms with van der Waals surface area (Å²) in [7, 11) is -3.64. The molecule has 0 aliphatic rings. The first-order valence-corrected chi connectivity index (χ1v) is 6.69. The standard InChI is InChI=1S/C11H17NO3S/c1-4-9(3)15-10-5-6-11(8(2)7-10)16(12,13)14/h5-7,9H,4H2,1-3H3,(H2,12,13,14). The van der Waals surface area contributed by atoms with Crippen LogP contribution in [0.3, 0.4) is 0 Å². The van der Waals surface area contributed by atoms with E-state index in [4.69, 9.17) is 9.88 Å². The molecule has 0 amide bonds. The fraction of sp³-hybridized carbons (Fsp3) is 0.455. The smallest absolute Gasteiger partial charge is 0.238 e. The maximum atomic E-state index is 11.2. The summed E-state index contributed by atoms with van der Waals surface area (Å²) in [4.78, 5) is 0.143. The fourth-order valence-electron chi connectivity index (χ4n) is 1.33. The Kier molecular flexibility index (Phi) is 3.93. The van der Waals surface area contributed by atoms with E-state index in [1.54, 1.807) is 19.1 Å². The predicted molar refractivity (Wildman–Crippen MR) is 62.9 cm³/mol. The second kappa shape index (κ2) is 4.84. The summed E-state index contributed by atoms with van der Waals surface area (Å²) in [5, 5.41) is 5.07. The number of sulfonamides is 1. The SMILES string of the molecule is CCC(C)Oc1ccc(S(N)(=O)=O)c(C)c1. The van der Waals surface area contributed by atoms with Crippen molar-refractivity contribution in [1.82, 2.24) is 0 Å². The van der Waals surface area contributed by atoms with Gasteiger partial charge < -0.3 is 4.74 Å². The highest BCUT2D eigenvalue weighted by molar-refractivity contribution is 7.89. The van der Waals surface area contributed by atoms with Crippen LogP contribution in [0.5, 0.6) is 5.75 Å². The van der Waals surface area contributed by atoms with E-state index in [1.165, 1.54) is 6.07 Å². The van der Waals surface area contributed by atoms with Gasteiger partial charge >= 0.3 is 0 Å². The van der Waals surface area contributed by atoms with Crippen LogP contribution in [0.2, 0.25) is 0 Å². The molecule has 0 fully saturated rings. The lowest BCUT2D eigenvalue weighted by molar-refractivity contribution is 0.217. The van der Waals surface area contributed by atoms with Crippen LogP contribution < -0.4 is 9.88 Å². The first-order valence-electron chi connectivity index (χ1n) is 5.14. The third-order valence-electron chi connectivity index (χ3n) is 2.37. The molecule has 0 heterocycles. The Morgan fingerprint density at radius 3 is 2.50 bits per heavy atom. The van der Waals surface area contributed by atoms with E-state index >= 15 is 0 Å². The van der Waals surface area contributed by atoms with Crippen molar-refractivity contribution in [3.8, 4) is 5.75 Å². The van der Waals surface area contributed by atoms with Crippen LogP contribution in [0.15, 0.2) is 23.1 Å². The van der Waals surface area contributed by atoms with E-state index in [-0.39, 0.29) is 11.0 Å². The van der Waals surface area contributed by atoms with Gasteiger partial charge in [-0.3, -0.25) is 0 Å². The molecule has 1 atom stereocenters. The molecule has 0 saturated carbocycles. The van der Waals surface area contributed by atoms with Crippen molar-refractivity contribution in [3.63, 3.8) is 0 Å². The van der Waals surface area contributed by atoms with Crippen molar-refractivity contribution in [2.24, 2.45) is 5.14 Å². The van der Waals surface area contributed by atoms with Gasteiger partial charge in [0, 0.05) is 0 Å². The van der Waals surface area contributed by atoms with Crippen LogP contribution in [-0.2, 0) is 10.0 Å². The molecule has 90 valence electrons. The van der Waals surface area contributed by atoms with Crippen LogP contribution >= 0.6 is 0 Å². The normalized spacial score (nSPS) is 13.5. The van der Waals surface area contributed by atoms with Gasteiger partial charge in [0.05, 0.1) is 11.0 Å². The zero-order chi connectivity index (χ0) is 12.3. The number of ether oxygens (including phenoxy) is 1. The van der Waals surface area contributed by atoms with Gasteiger partial charge in [-0.1, -0.05) is 6.92 Å². The van der Waals surface area contributed by atoms with Gasteiger partial charge in [0.1, 0.15) is 5.75 Å². The number of aryl methyl sites for hydroxylation is 1. The molecule has 0 aromatic heterocycles. The predicted octanol–water partition coefficient (Wildman–Crippen LogP) is 1.82. The number of benzene rings is 1. The largest absolute Gasteiger partial charge is 0.491 e. The molecule has 0 saturated heterocycles. The first kappa shape index (κ1) is 13.0. The highest BCUT2D eigenvalue weighted by Crippen LogP contribution is 2.21. The van der Waals surface area contributed by atoms with Crippen LogP contribution in [-0.4, -0.2) is 14.5 Å². The first-order chi connectivity index (χ1) is 7.34. The fourth-order valence-corrected chi connectivity index (χ4v) is 2.10. The van der Waals surface area contributed by atoms with Crippen molar-refractivity contribution in [3.05, 3.63) is 23.8 Å². The molecule has 0 radical (unpaired) electrons. The lowest BCUT2D eigenvalue weighted by atomic mass is 10.2. The minimum Gasteiger partial charge on any atom is -0.491 e. The molecule has 2 N–H and O–H groups in total. The summed E-state index contributed by atoms with van der Waals surface area (Å²) in [6, 6.07) is 4.78. The molecule has 1 aromatic rings. The van der Waals surface area contributed by atoms with Gasteiger partial charge in [0.25, 0.3) is 0 Å². The molecule has 0 aliphatic heterocycles. The number of rotatable bonds is 4. The topological polar surface area (TPSA) is 69.4 Å². The van der Waals surface area contributed by atoms with Crippen molar-refractivity contribution in [2.75, 3.05) is 0 Å². The maximum absolute atomic E-state index is 11.2.